The van der Waals surface area contributed by atoms with Gasteiger partial charge in [-0.1, -0.05) is 39.0 Å². The van der Waals surface area contributed by atoms with E-state index < -0.39 is 0 Å². The lowest BCUT2D eigenvalue weighted by Crippen LogP contribution is -2.12. The molecule has 5 heteroatoms. The fraction of sp³-hybridized carbons (Fsp3) is 0.179. The van der Waals surface area contributed by atoms with Gasteiger partial charge in [0.2, 0.25) is 5.88 Å². The Balaban J connectivity index is 1.55. The van der Waals surface area contributed by atoms with Crippen LogP contribution in [0.5, 0.6) is 11.6 Å². The Labute approximate surface area is 194 Å². The SMILES string of the molecule is CCc1cc(-c2cccnc2Oc2cccc(NC(=O)c3cccc(C(C)C)c3)c2)ccn1. The lowest BCUT2D eigenvalue weighted by Gasteiger charge is -2.12. The van der Waals surface area contributed by atoms with Crippen molar-refractivity contribution in [1.29, 1.82) is 0 Å². The molecule has 33 heavy (non-hydrogen) atoms. The van der Waals surface area contributed by atoms with E-state index in [-0.39, 0.29) is 5.91 Å². The van der Waals surface area contributed by atoms with Crippen molar-refractivity contribution in [3.8, 4) is 22.8 Å². The van der Waals surface area contributed by atoms with Crippen LogP contribution in [0, 0.1) is 0 Å². The van der Waals surface area contributed by atoms with Crippen molar-refractivity contribution >= 4 is 11.6 Å². The molecule has 5 nitrogen and oxygen atoms in total. The van der Waals surface area contributed by atoms with E-state index in [0.29, 0.717) is 28.8 Å². The third kappa shape index (κ3) is 5.44. The van der Waals surface area contributed by atoms with Crippen LogP contribution in [0.25, 0.3) is 11.1 Å². The maximum atomic E-state index is 12.8. The molecule has 0 aliphatic carbocycles. The highest BCUT2D eigenvalue weighted by Gasteiger charge is 2.12. The molecule has 4 aromatic rings. The number of nitrogens with zero attached hydrogens (tertiary/aromatic N) is 2. The minimum Gasteiger partial charge on any atom is -0.438 e. The molecule has 0 aliphatic rings. The molecule has 1 amide bonds. The number of amides is 1. The smallest absolute Gasteiger partial charge is 0.255 e. The summed E-state index contributed by atoms with van der Waals surface area (Å²) in [7, 11) is 0. The third-order valence-electron chi connectivity index (χ3n) is 5.38. The van der Waals surface area contributed by atoms with Crippen LogP contribution in [0.15, 0.2) is 85.2 Å². The molecule has 0 bridgehead atoms. The summed E-state index contributed by atoms with van der Waals surface area (Å²) in [5, 5.41) is 2.96. The van der Waals surface area contributed by atoms with Crippen LogP contribution < -0.4 is 10.1 Å². The highest BCUT2D eigenvalue weighted by molar-refractivity contribution is 6.04. The van der Waals surface area contributed by atoms with Crippen LogP contribution in [-0.4, -0.2) is 15.9 Å². The molecule has 0 atom stereocenters. The van der Waals surface area contributed by atoms with Gasteiger partial charge in [0.25, 0.3) is 5.91 Å². The predicted octanol–water partition coefficient (Wildman–Crippen LogP) is 6.87. The Bertz CT molecular complexity index is 1270. The average Bonchev–Trinajstić information content (AvgIpc) is 2.84. The number of anilines is 1. The van der Waals surface area contributed by atoms with Crippen molar-refractivity contribution in [2.75, 3.05) is 5.32 Å². The molecule has 0 saturated heterocycles. The molecular formula is C28H27N3O2. The van der Waals surface area contributed by atoms with Gasteiger partial charge in [-0.15, -0.1) is 0 Å². The van der Waals surface area contributed by atoms with E-state index in [2.05, 4.69) is 36.1 Å². The normalized spacial score (nSPS) is 10.8. The number of rotatable bonds is 7. The minimum atomic E-state index is -0.156. The van der Waals surface area contributed by atoms with Crippen molar-refractivity contribution in [2.24, 2.45) is 0 Å². The van der Waals surface area contributed by atoms with E-state index in [4.69, 9.17) is 4.74 Å². The molecule has 0 aliphatic heterocycles. The fourth-order valence-corrected chi connectivity index (χ4v) is 3.52. The fourth-order valence-electron chi connectivity index (χ4n) is 3.52. The minimum absolute atomic E-state index is 0.156. The van der Waals surface area contributed by atoms with Crippen molar-refractivity contribution in [1.82, 2.24) is 9.97 Å². The van der Waals surface area contributed by atoms with Crippen LogP contribution in [0.4, 0.5) is 5.69 Å². The van der Waals surface area contributed by atoms with Crippen LogP contribution in [0.1, 0.15) is 48.3 Å². The lowest BCUT2D eigenvalue weighted by atomic mass is 10.0. The predicted molar refractivity (Wildman–Crippen MR) is 132 cm³/mol. The van der Waals surface area contributed by atoms with Gasteiger partial charge in [-0.05, 0) is 72.0 Å². The first-order valence-electron chi connectivity index (χ1n) is 11.1. The second-order valence-electron chi connectivity index (χ2n) is 8.11. The topological polar surface area (TPSA) is 64.1 Å². The van der Waals surface area contributed by atoms with Crippen molar-refractivity contribution in [2.45, 2.75) is 33.1 Å². The Kier molecular flexibility index (Phi) is 6.79. The zero-order chi connectivity index (χ0) is 23.2. The Morgan fingerprint density at radius 1 is 0.939 bits per heavy atom. The maximum absolute atomic E-state index is 12.8. The van der Waals surface area contributed by atoms with Gasteiger partial charge in [0.05, 0.1) is 0 Å². The molecule has 2 heterocycles. The molecular weight excluding hydrogens is 410 g/mol. The van der Waals surface area contributed by atoms with Crippen LogP contribution in [0.3, 0.4) is 0 Å². The first-order chi connectivity index (χ1) is 16.0. The van der Waals surface area contributed by atoms with Crippen LogP contribution in [-0.2, 0) is 6.42 Å². The standard InChI is InChI=1S/C28H27N3O2/c1-4-23-17-21(13-15-29-23)26-12-7-14-30-28(26)33-25-11-6-10-24(18-25)31-27(32)22-9-5-8-20(16-22)19(2)3/h5-19H,4H2,1-3H3,(H,31,32). The number of aryl methyl sites for hydroxylation is 1. The quantitative estimate of drug-likeness (QED) is 0.342. The Morgan fingerprint density at radius 2 is 1.79 bits per heavy atom. The zero-order valence-electron chi connectivity index (χ0n) is 19.1. The van der Waals surface area contributed by atoms with E-state index in [1.54, 1.807) is 18.5 Å². The number of aromatic nitrogens is 2. The summed E-state index contributed by atoms with van der Waals surface area (Å²) in [5.74, 6) is 1.29. The molecule has 0 fully saturated rings. The Morgan fingerprint density at radius 3 is 2.61 bits per heavy atom. The van der Waals surface area contributed by atoms with Crippen molar-refractivity contribution < 1.29 is 9.53 Å². The number of carbonyl (C=O) groups excluding carboxylic acids is 1. The highest BCUT2D eigenvalue weighted by atomic mass is 16.5. The first-order valence-corrected chi connectivity index (χ1v) is 11.1. The van der Waals surface area contributed by atoms with Crippen molar-refractivity contribution in [3.05, 3.63) is 102 Å². The highest BCUT2D eigenvalue weighted by Crippen LogP contribution is 2.32. The average molecular weight is 438 g/mol. The second-order valence-corrected chi connectivity index (χ2v) is 8.11. The van der Waals surface area contributed by atoms with E-state index in [0.717, 1.165) is 28.8 Å². The second kappa shape index (κ2) is 10.1. The molecule has 0 unspecified atom stereocenters. The number of carbonyl (C=O) groups is 1. The van der Waals surface area contributed by atoms with Crippen LogP contribution in [0.2, 0.25) is 0 Å². The van der Waals surface area contributed by atoms with Gasteiger partial charge in [-0.25, -0.2) is 4.98 Å². The molecule has 0 spiro atoms. The molecule has 0 radical (unpaired) electrons. The van der Waals surface area contributed by atoms with Gasteiger partial charge in [-0.2, -0.15) is 0 Å². The zero-order valence-corrected chi connectivity index (χ0v) is 19.1. The van der Waals surface area contributed by atoms with Gasteiger partial charge < -0.3 is 10.1 Å². The number of benzene rings is 2. The van der Waals surface area contributed by atoms with Crippen LogP contribution >= 0.6 is 0 Å². The van der Waals surface area contributed by atoms with Gasteiger partial charge in [0.1, 0.15) is 5.75 Å². The van der Waals surface area contributed by atoms with E-state index in [1.807, 2.05) is 66.7 Å². The first kappa shape index (κ1) is 22.2. The lowest BCUT2D eigenvalue weighted by molar-refractivity contribution is 0.102. The molecule has 2 aromatic heterocycles. The van der Waals surface area contributed by atoms with E-state index in [1.165, 1.54) is 0 Å². The van der Waals surface area contributed by atoms with Gasteiger partial charge in [0, 0.05) is 41.0 Å². The summed E-state index contributed by atoms with van der Waals surface area (Å²) in [6, 6.07) is 22.9. The largest absolute Gasteiger partial charge is 0.438 e. The number of nitrogens with one attached hydrogen (secondary N) is 1. The monoisotopic (exact) mass is 437 g/mol. The van der Waals surface area contributed by atoms with Crippen molar-refractivity contribution in [3.63, 3.8) is 0 Å². The number of hydrogen-bond acceptors (Lipinski definition) is 4. The summed E-state index contributed by atoms with van der Waals surface area (Å²) in [6.07, 6.45) is 4.36. The van der Waals surface area contributed by atoms with Gasteiger partial charge in [0.15, 0.2) is 0 Å². The van der Waals surface area contributed by atoms with Gasteiger partial charge >= 0.3 is 0 Å². The number of pyridine rings is 2. The number of hydrogen-bond donors (Lipinski definition) is 1. The molecule has 2 aromatic carbocycles. The molecule has 0 saturated carbocycles. The molecule has 1 N–H and O–H groups in total. The maximum Gasteiger partial charge on any atom is 0.255 e. The van der Waals surface area contributed by atoms with E-state index in [9.17, 15) is 4.79 Å². The summed E-state index contributed by atoms with van der Waals surface area (Å²) >= 11 is 0. The molecule has 166 valence electrons. The van der Waals surface area contributed by atoms with Gasteiger partial charge in [-0.3, -0.25) is 9.78 Å². The summed E-state index contributed by atoms with van der Waals surface area (Å²) in [6.45, 7) is 6.29. The van der Waals surface area contributed by atoms with E-state index >= 15 is 0 Å². The molecule has 4 rings (SSSR count). The number of ether oxygens (including phenoxy) is 1. The summed E-state index contributed by atoms with van der Waals surface area (Å²) < 4.78 is 6.13. The summed E-state index contributed by atoms with van der Waals surface area (Å²) in [4.78, 5) is 21.6. The Hall–Kier alpha value is -3.99. The third-order valence-corrected chi connectivity index (χ3v) is 5.38. The summed E-state index contributed by atoms with van der Waals surface area (Å²) in [5.41, 5.74) is 5.30.